The van der Waals surface area contributed by atoms with Gasteiger partial charge in [0.25, 0.3) is 5.91 Å². The quantitative estimate of drug-likeness (QED) is 0.744. The third-order valence-corrected chi connectivity index (χ3v) is 2.83. The van der Waals surface area contributed by atoms with Crippen LogP contribution in [0.4, 0.5) is 0 Å². The van der Waals surface area contributed by atoms with E-state index in [-0.39, 0.29) is 18.2 Å². The Morgan fingerprint density at radius 1 is 1.05 bits per heavy atom. The van der Waals surface area contributed by atoms with Crippen molar-refractivity contribution in [1.82, 2.24) is 15.6 Å². The van der Waals surface area contributed by atoms with E-state index >= 15 is 0 Å². The second kappa shape index (κ2) is 7.13. The van der Waals surface area contributed by atoms with Crippen molar-refractivity contribution in [3.05, 3.63) is 59.9 Å². The fourth-order valence-electron chi connectivity index (χ4n) is 1.74. The third-order valence-electron chi connectivity index (χ3n) is 2.83. The molecule has 0 aliphatic rings. The summed E-state index contributed by atoms with van der Waals surface area (Å²) in [6.07, 6.45) is 3.90. The highest BCUT2D eigenvalue weighted by molar-refractivity contribution is 5.94. The van der Waals surface area contributed by atoms with Crippen LogP contribution in [0.1, 0.15) is 22.3 Å². The lowest BCUT2D eigenvalue weighted by atomic mass is 10.2. The minimum Gasteiger partial charge on any atom is -0.367 e. The first-order valence-electron chi connectivity index (χ1n) is 6.47. The Hall–Kier alpha value is -2.56. The smallest absolute Gasteiger partial charge is 0.251 e. The van der Waals surface area contributed by atoms with Crippen molar-refractivity contribution in [3.63, 3.8) is 0 Å². The lowest BCUT2D eigenvalue weighted by molar-refractivity contribution is -0.121. The Balaban J connectivity index is 1.65. The van der Waals surface area contributed by atoms with Crippen molar-refractivity contribution >= 4 is 11.8 Å². The summed E-state index contributed by atoms with van der Waals surface area (Å²) >= 11 is 0. The van der Waals surface area contributed by atoms with Crippen molar-refractivity contribution in [2.75, 3.05) is 6.54 Å². The third kappa shape index (κ3) is 4.28. The van der Waals surface area contributed by atoms with Crippen molar-refractivity contribution < 1.29 is 9.59 Å². The second-order valence-corrected chi connectivity index (χ2v) is 4.37. The maximum absolute atomic E-state index is 11.7. The summed E-state index contributed by atoms with van der Waals surface area (Å²) in [4.78, 5) is 26.2. The van der Waals surface area contributed by atoms with Crippen LogP contribution >= 0.6 is 0 Å². The van der Waals surface area contributed by atoms with Gasteiger partial charge in [0, 0.05) is 37.5 Å². The molecule has 0 spiro atoms. The van der Waals surface area contributed by atoms with E-state index < -0.39 is 0 Å². The van der Waals surface area contributed by atoms with Crippen LogP contribution in [-0.4, -0.2) is 23.3 Å². The highest BCUT2D eigenvalue weighted by atomic mass is 16.2. The average molecular weight is 271 g/mol. The maximum atomic E-state index is 11.7. The van der Waals surface area contributed by atoms with Crippen molar-refractivity contribution in [1.29, 1.82) is 0 Å². The van der Waals surface area contributed by atoms with Crippen LogP contribution in [0.15, 0.2) is 48.8 Å². The molecular weight excluding hydrogens is 254 g/mol. The number of carbonyl (C=O) groups excluding carboxylic acids is 2. The zero-order valence-corrected chi connectivity index (χ0v) is 11.1. The number of rotatable bonds is 6. The number of amides is 2. The Morgan fingerprint density at radius 2 is 1.85 bits per heavy atom. The summed E-state index contributed by atoms with van der Waals surface area (Å²) < 4.78 is 0. The average Bonchev–Trinajstić information content (AvgIpc) is 2.99. The fraction of sp³-hybridized carbons (Fsp3) is 0.200. The monoisotopic (exact) mass is 271 g/mol. The van der Waals surface area contributed by atoms with Gasteiger partial charge >= 0.3 is 0 Å². The zero-order valence-electron chi connectivity index (χ0n) is 11.1. The van der Waals surface area contributed by atoms with Gasteiger partial charge in [0.15, 0.2) is 0 Å². The van der Waals surface area contributed by atoms with E-state index in [1.54, 1.807) is 24.3 Å². The van der Waals surface area contributed by atoms with E-state index in [9.17, 15) is 9.59 Å². The molecule has 0 unspecified atom stereocenters. The number of aromatic nitrogens is 1. The lowest BCUT2D eigenvalue weighted by Crippen LogP contribution is -2.30. The molecule has 0 bridgehead atoms. The normalized spacial score (nSPS) is 10.0. The molecule has 0 atom stereocenters. The minimum absolute atomic E-state index is 0.0837. The van der Waals surface area contributed by atoms with Crippen LogP contribution in [-0.2, 0) is 11.3 Å². The predicted molar refractivity (Wildman–Crippen MR) is 76.0 cm³/mol. The first-order chi connectivity index (χ1) is 9.75. The summed E-state index contributed by atoms with van der Waals surface area (Å²) in [5.41, 5.74) is 1.62. The summed E-state index contributed by atoms with van der Waals surface area (Å²) in [5.74, 6) is -0.247. The van der Waals surface area contributed by atoms with Gasteiger partial charge in [0.05, 0.1) is 0 Å². The van der Waals surface area contributed by atoms with E-state index in [1.807, 2.05) is 24.5 Å². The molecule has 2 aromatic rings. The fourth-order valence-corrected chi connectivity index (χ4v) is 1.74. The Kier molecular flexibility index (Phi) is 4.94. The molecule has 1 aromatic heterocycles. The lowest BCUT2D eigenvalue weighted by Gasteiger charge is -2.06. The number of carbonyl (C=O) groups is 2. The van der Waals surface area contributed by atoms with E-state index in [2.05, 4.69) is 15.6 Å². The topological polar surface area (TPSA) is 74.0 Å². The van der Waals surface area contributed by atoms with Crippen molar-refractivity contribution in [2.24, 2.45) is 0 Å². The van der Waals surface area contributed by atoms with Crippen LogP contribution in [0.5, 0.6) is 0 Å². The molecule has 0 saturated carbocycles. The molecule has 104 valence electrons. The molecular formula is C15H17N3O2. The molecule has 3 N–H and O–H groups in total. The highest BCUT2D eigenvalue weighted by Crippen LogP contribution is 1.98. The number of aromatic amines is 1. The molecule has 1 aromatic carbocycles. The molecule has 2 amide bonds. The molecule has 0 fully saturated rings. The predicted octanol–water partition coefficient (Wildman–Crippen LogP) is 1.45. The van der Waals surface area contributed by atoms with Gasteiger partial charge in [-0.2, -0.15) is 0 Å². The largest absolute Gasteiger partial charge is 0.367 e. The van der Waals surface area contributed by atoms with Gasteiger partial charge < -0.3 is 15.6 Å². The summed E-state index contributed by atoms with van der Waals surface area (Å²) in [5, 5.41) is 5.51. The van der Waals surface area contributed by atoms with E-state index in [0.717, 1.165) is 5.56 Å². The molecule has 5 nitrogen and oxygen atoms in total. The maximum Gasteiger partial charge on any atom is 0.251 e. The molecule has 0 aliphatic heterocycles. The molecule has 0 aliphatic carbocycles. The van der Waals surface area contributed by atoms with Crippen molar-refractivity contribution in [3.8, 4) is 0 Å². The van der Waals surface area contributed by atoms with Crippen LogP contribution in [0, 0.1) is 0 Å². The standard InChI is InChI=1S/C15H17N3O2/c19-14(18-11-12-6-8-16-10-12)7-9-17-15(20)13-4-2-1-3-5-13/h1-6,8,10,16H,7,9,11H2,(H,17,20)(H,18,19). The molecule has 0 saturated heterocycles. The Labute approximate surface area is 117 Å². The Morgan fingerprint density at radius 3 is 2.55 bits per heavy atom. The van der Waals surface area contributed by atoms with Gasteiger partial charge in [-0.25, -0.2) is 0 Å². The number of nitrogens with one attached hydrogen (secondary N) is 3. The summed E-state index contributed by atoms with van der Waals surface area (Å²) in [6, 6.07) is 10.8. The van der Waals surface area contributed by atoms with Gasteiger partial charge in [-0.3, -0.25) is 9.59 Å². The van der Waals surface area contributed by atoms with E-state index in [1.165, 1.54) is 0 Å². The summed E-state index contributed by atoms with van der Waals surface area (Å²) in [7, 11) is 0. The zero-order chi connectivity index (χ0) is 14.2. The number of hydrogen-bond acceptors (Lipinski definition) is 2. The van der Waals surface area contributed by atoms with Gasteiger partial charge in [0.1, 0.15) is 0 Å². The molecule has 20 heavy (non-hydrogen) atoms. The SMILES string of the molecule is O=C(CCNC(=O)c1ccccc1)NCc1cc[nH]c1. The number of H-pyrrole nitrogens is 1. The van der Waals surface area contributed by atoms with Gasteiger partial charge in [-0.15, -0.1) is 0 Å². The van der Waals surface area contributed by atoms with Crippen LogP contribution in [0.2, 0.25) is 0 Å². The molecule has 0 radical (unpaired) electrons. The molecule has 5 heteroatoms. The second-order valence-electron chi connectivity index (χ2n) is 4.37. The number of hydrogen-bond donors (Lipinski definition) is 3. The minimum atomic E-state index is -0.163. The first kappa shape index (κ1) is 13.9. The number of benzene rings is 1. The van der Waals surface area contributed by atoms with E-state index in [0.29, 0.717) is 18.7 Å². The molecule has 1 heterocycles. The van der Waals surface area contributed by atoms with Gasteiger partial charge in [0.2, 0.25) is 5.91 Å². The molecule has 2 rings (SSSR count). The van der Waals surface area contributed by atoms with Gasteiger partial charge in [-0.1, -0.05) is 18.2 Å². The van der Waals surface area contributed by atoms with Crippen molar-refractivity contribution in [2.45, 2.75) is 13.0 Å². The van der Waals surface area contributed by atoms with Crippen LogP contribution in [0.3, 0.4) is 0 Å². The van der Waals surface area contributed by atoms with Crippen LogP contribution in [0.25, 0.3) is 0 Å². The highest BCUT2D eigenvalue weighted by Gasteiger charge is 2.05. The van der Waals surface area contributed by atoms with Gasteiger partial charge in [-0.05, 0) is 23.8 Å². The van der Waals surface area contributed by atoms with Crippen LogP contribution < -0.4 is 10.6 Å². The Bertz CT molecular complexity index is 550. The van der Waals surface area contributed by atoms with E-state index in [4.69, 9.17) is 0 Å². The summed E-state index contributed by atoms with van der Waals surface area (Å²) in [6.45, 7) is 0.821. The first-order valence-corrected chi connectivity index (χ1v) is 6.47.